The zero-order chi connectivity index (χ0) is 17.3. The van der Waals surface area contributed by atoms with Crippen molar-refractivity contribution in [1.82, 2.24) is 5.43 Å². The quantitative estimate of drug-likeness (QED) is 0.488. The minimum atomic E-state index is -1.38. The van der Waals surface area contributed by atoms with Crippen LogP contribution >= 0.6 is 0 Å². The maximum Gasteiger partial charge on any atom is 1.00 e. The molecule has 1 aliphatic rings. The van der Waals surface area contributed by atoms with Crippen LogP contribution in [0.3, 0.4) is 0 Å². The molecule has 0 fully saturated rings. The summed E-state index contributed by atoms with van der Waals surface area (Å²) in [6.07, 6.45) is 1.93. The fraction of sp³-hybridized carbons (Fsp3) is 0.235. The number of phenolic OH excluding ortho intramolecular Hbond substituents is 1. The smallest absolute Gasteiger partial charge is 0.542 e. The summed E-state index contributed by atoms with van der Waals surface area (Å²) in [5, 5.41) is 24.9. The molecule has 1 amide bonds. The molecule has 124 valence electrons. The van der Waals surface area contributed by atoms with Crippen LogP contribution < -0.4 is 61.9 Å². The molecule has 0 spiro atoms. The van der Waals surface area contributed by atoms with Crippen LogP contribution in [0.2, 0.25) is 0 Å². The second-order valence-corrected chi connectivity index (χ2v) is 5.51. The van der Waals surface area contributed by atoms with Gasteiger partial charge in [0, 0.05) is 17.5 Å². The van der Waals surface area contributed by atoms with E-state index in [9.17, 15) is 19.8 Å². The molecule has 7 nitrogen and oxygen atoms in total. The summed E-state index contributed by atoms with van der Waals surface area (Å²) in [6.45, 7) is 1.62. The third kappa shape index (κ3) is 4.04. The Morgan fingerprint density at radius 3 is 2.68 bits per heavy atom. The number of aromatic carboxylic acids is 1. The molecule has 0 saturated carbocycles. The predicted molar refractivity (Wildman–Crippen MR) is 82.8 cm³/mol. The molecule has 0 saturated heterocycles. The number of furan rings is 1. The summed E-state index contributed by atoms with van der Waals surface area (Å²) >= 11 is 0. The molecule has 1 aliphatic carbocycles. The normalized spacial score (nSPS) is 14.5. The second kappa shape index (κ2) is 8.28. The Bertz CT molecular complexity index is 857. The molecular formula is C17H15KN2O5. The zero-order valence-electron chi connectivity index (χ0n) is 14.0. The zero-order valence-corrected chi connectivity index (χ0v) is 17.1. The molecule has 8 heteroatoms. The first-order valence-electron chi connectivity index (χ1n) is 7.48. The van der Waals surface area contributed by atoms with Crippen molar-refractivity contribution in [2.75, 3.05) is 0 Å². The van der Waals surface area contributed by atoms with E-state index in [4.69, 9.17) is 4.42 Å². The third-order valence-electron chi connectivity index (χ3n) is 3.95. The van der Waals surface area contributed by atoms with Gasteiger partial charge >= 0.3 is 51.4 Å². The maximum atomic E-state index is 12.1. The van der Waals surface area contributed by atoms with Crippen LogP contribution in [-0.4, -0.2) is 22.7 Å². The van der Waals surface area contributed by atoms with E-state index >= 15 is 0 Å². The Kier molecular flexibility index (Phi) is 6.58. The van der Waals surface area contributed by atoms with E-state index in [0.29, 0.717) is 35.4 Å². The van der Waals surface area contributed by atoms with Gasteiger partial charge in [-0.05, 0) is 31.9 Å². The van der Waals surface area contributed by atoms with E-state index in [1.807, 2.05) is 0 Å². The van der Waals surface area contributed by atoms with E-state index in [1.54, 1.807) is 19.1 Å². The van der Waals surface area contributed by atoms with Crippen LogP contribution in [-0.2, 0) is 6.42 Å². The largest absolute Gasteiger partial charge is 1.00 e. The van der Waals surface area contributed by atoms with E-state index in [1.165, 1.54) is 12.1 Å². The molecule has 1 heterocycles. The Morgan fingerprint density at radius 1 is 1.28 bits per heavy atom. The standard InChI is InChI=1S/C17H16N2O5.K/c1-9-14-11(6-4-8-13(14)24-15(9)17(22)23)18-19-16(21)10-5-2-3-7-12(10)20;/h2-3,5,7,20H,4,6,8H2,1H3,(H,19,21)(H,22,23);/q;+1/p-1/b18-11+;. The van der Waals surface area contributed by atoms with Crippen LogP contribution in [0.15, 0.2) is 33.8 Å². The number of hydrazone groups is 1. The molecule has 25 heavy (non-hydrogen) atoms. The minimum Gasteiger partial charge on any atom is -0.542 e. The number of para-hydroxylation sites is 1. The number of phenols is 1. The third-order valence-corrected chi connectivity index (χ3v) is 3.95. The Balaban J connectivity index is 0.00000225. The topological polar surface area (TPSA) is 115 Å². The van der Waals surface area contributed by atoms with Gasteiger partial charge < -0.3 is 19.4 Å². The number of hydrogen-bond donors (Lipinski definition) is 2. The number of aryl methyl sites for hydroxylation is 1. The number of aromatic hydroxyl groups is 1. The number of carboxylic acid groups (broad SMARTS) is 1. The van der Waals surface area contributed by atoms with Gasteiger partial charge in [-0.2, -0.15) is 5.10 Å². The molecule has 2 N–H and O–H groups in total. The molecule has 1 aromatic heterocycles. The average molecular weight is 366 g/mol. The van der Waals surface area contributed by atoms with Crippen molar-refractivity contribution in [3.8, 4) is 5.75 Å². The Hall–Kier alpha value is -1.45. The summed E-state index contributed by atoms with van der Waals surface area (Å²) in [5.74, 6) is -1.73. The Morgan fingerprint density at radius 2 is 2.00 bits per heavy atom. The van der Waals surface area contributed by atoms with Gasteiger partial charge in [0.25, 0.3) is 5.91 Å². The summed E-state index contributed by atoms with van der Waals surface area (Å²) in [5.41, 5.74) is 4.11. The van der Waals surface area contributed by atoms with Gasteiger partial charge in [0.15, 0.2) is 5.76 Å². The monoisotopic (exact) mass is 366 g/mol. The van der Waals surface area contributed by atoms with Crippen molar-refractivity contribution in [1.29, 1.82) is 0 Å². The number of carbonyl (C=O) groups is 2. The van der Waals surface area contributed by atoms with Crippen molar-refractivity contribution >= 4 is 17.6 Å². The van der Waals surface area contributed by atoms with Crippen molar-refractivity contribution in [2.24, 2.45) is 5.10 Å². The first kappa shape index (κ1) is 19.9. The molecule has 0 radical (unpaired) electrons. The predicted octanol–water partition coefficient (Wildman–Crippen LogP) is -1.87. The SMILES string of the molecule is Cc1c(C(=O)[O-])oc2c1/C(=N/NC(=O)c1ccccc1O)CCC2.[K+]. The number of nitrogens with one attached hydrogen (secondary N) is 1. The first-order valence-corrected chi connectivity index (χ1v) is 7.48. The molecular weight excluding hydrogens is 351 g/mol. The fourth-order valence-corrected chi connectivity index (χ4v) is 2.82. The van der Waals surface area contributed by atoms with Crippen LogP contribution in [0.1, 0.15) is 50.6 Å². The summed E-state index contributed by atoms with van der Waals surface area (Å²) in [6, 6.07) is 6.14. The molecule has 0 unspecified atom stereocenters. The van der Waals surface area contributed by atoms with Crippen LogP contribution in [0.5, 0.6) is 5.75 Å². The maximum absolute atomic E-state index is 12.1. The molecule has 3 rings (SSSR count). The van der Waals surface area contributed by atoms with Crippen molar-refractivity contribution in [3.63, 3.8) is 0 Å². The van der Waals surface area contributed by atoms with Crippen molar-refractivity contribution < 1.29 is 75.6 Å². The minimum absolute atomic E-state index is 0. The van der Waals surface area contributed by atoms with E-state index < -0.39 is 11.9 Å². The summed E-state index contributed by atoms with van der Waals surface area (Å²) in [4.78, 5) is 23.2. The van der Waals surface area contributed by atoms with Gasteiger partial charge in [-0.15, -0.1) is 0 Å². The number of nitrogens with zero attached hydrogens (tertiary/aromatic N) is 1. The molecule has 1 aromatic carbocycles. The molecule has 0 aliphatic heterocycles. The number of amides is 1. The second-order valence-electron chi connectivity index (χ2n) is 5.51. The summed E-state index contributed by atoms with van der Waals surface area (Å²) in [7, 11) is 0. The number of carboxylic acids is 1. The van der Waals surface area contributed by atoms with Gasteiger partial charge in [-0.3, -0.25) is 4.79 Å². The van der Waals surface area contributed by atoms with E-state index in [2.05, 4.69) is 10.5 Å². The van der Waals surface area contributed by atoms with Gasteiger partial charge in [0.05, 0.1) is 11.3 Å². The van der Waals surface area contributed by atoms with Gasteiger partial charge in [0.2, 0.25) is 0 Å². The van der Waals surface area contributed by atoms with Crippen LogP contribution in [0.25, 0.3) is 0 Å². The van der Waals surface area contributed by atoms with E-state index in [-0.39, 0.29) is 68.5 Å². The van der Waals surface area contributed by atoms with Gasteiger partial charge in [-0.1, -0.05) is 12.1 Å². The number of carbonyl (C=O) groups excluding carboxylic acids is 2. The van der Waals surface area contributed by atoms with Crippen LogP contribution in [0.4, 0.5) is 0 Å². The number of benzene rings is 1. The van der Waals surface area contributed by atoms with Gasteiger partial charge in [-0.25, -0.2) is 5.43 Å². The Labute approximate surface area is 186 Å². The summed E-state index contributed by atoms with van der Waals surface area (Å²) < 4.78 is 5.34. The van der Waals surface area contributed by atoms with Crippen molar-refractivity contribution in [2.45, 2.75) is 26.2 Å². The molecule has 0 atom stereocenters. The van der Waals surface area contributed by atoms with Gasteiger partial charge in [0.1, 0.15) is 17.5 Å². The number of hydrogen-bond acceptors (Lipinski definition) is 6. The number of fused-ring (bicyclic) bond motifs is 1. The molecule has 2 aromatic rings. The average Bonchev–Trinajstić information content (AvgIpc) is 2.91. The van der Waals surface area contributed by atoms with E-state index in [0.717, 1.165) is 6.42 Å². The molecule has 0 bridgehead atoms. The first-order chi connectivity index (χ1) is 11.5. The van der Waals surface area contributed by atoms with Crippen molar-refractivity contribution in [3.05, 3.63) is 52.5 Å². The fourth-order valence-electron chi connectivity index (χ4n) is 2.82. The number of rotatable bonds is 3. The van der Waals surface area contributed by atoms with Crippen LogP contribution in [0, 0.1) is 6.92 Å².